The maximum Gasteiger partial charge on any atom is 0.293 e. The smallest absolute Gasteiger partial charge is 0.293 e. The number of anilines is 1. The molecule has 0 saturated carbocycles. The number of benzene rings is 1. The van der Waals surface area contributed by atoms with E-state index in [-0.39, 0.29) is 16.5 Å². The summed E-state index contributed by atoms with van der Waals surface area (Å²) in [4.78, 5) is 24.2. The summed E-state index contributed by atoms with van der Waals surface area (Å²) < 4.78 is 27.0. The molecule has 2 aliphatic heterocycles. The van der Waals surface area contributed by atoms with Crippen LogP contribution in [0.2, 0.25) is 0 Å². The van der Waals surface area contributed by atoms with Crippen LogP contribution in [0, 0.1) is 16.0 Å². The van der Waals surface area contributed by atoms with Gasteiger partial charge in [-0.2, -0.15) is 4.31 Å². The first-order valence-electron chi connectivity index (χ1n) is 9.13. The molecule has 2 fully saturated rings. The van der Waals surface area contributed by atoms with Crippen molar-refractivity contribution >= 4 is 27.3 Å². The highest BCUT2D eigenvalue weighted by molar-refractivity contribution is 7.89. The maximum absolute atomic E-state index is 12.8. The van der Waals surface area contributed by atoms with Crippen LogP contribution in [0.5, 0.6) is 0 Å². The van der Waals surface area contributed by atoms with E-state index in [1.165, 1.54) is 16.4 Å². The Morgan fingerprint density at radius 1 is 1.15 bits per heavy atom. The Balaban J connectivity index is 1.93. The molecule has 148 valence electrons. The lowest BCUT2D eigenvalue weighted by molar-refractivity contribution is -0.384. The average molecular weight is 396 g/mol. The van der Waals surface area contributed by atoms with Gasteiger partial charge < -0.3 is 10.6 Å². The normalized spacial score (nSPS) is 21.8. The topological polar surface area (TPSA) is 127 Å². The number of hydrogen-bond donors (Lipinski definition) is 1. The molecular formula is C17H24N4O5S. The molecule has 9 nitrogen and oxygen atoms in total. The van der Waals surface area contributed by atoms with E-state index in [2.05, 4.69) is 0 Å². The van der Waals surface area contributed by atoms with Crippen LogP contribution < -0.4 is 10.6 Å². The molecule has 1 aromatic rings. The van der Waals surface area contributed by atoms with Gasteiger partial charge in [0.15, 0.2) is 0 Å². The predicted octanol–water partition coefficient (Wildman–Crippen LogP) is 1.47. The predicted molar refractivity (Wildman–Crippen MR) is 99.8 cm³/mol. The highest BCUT2D eigenvalue weighted by atomic mass is 32.2. The molecule has 1 atom stereocenters. The summed E-state index contributed by atoms with van der Waals surface area (Å²) in [5.74, 6) is -0.790. The van der Waals surface area contributed by atoms with Crippen molar-refractivity contribution < 1.29 is 18.1 Å². The summed E-state index contributed by atoms with van der Waals surface area (Å²) in [5.41, 5.74) is 5.44. The Morgan fingerprint density at radius 3 is 2.48 bits per heavy atom. The van der Waals surface area contributed by atoms with Crippen molar-refractivity contribution in [2.45, 2.75) is 37.0 Å². The summed E-state index contributed by atoms with van der Waals surface area (Å²) in [6.07, 6.45) is 3.92. The van der Waals surface area contributed by atoms with Crippen molar-refractivity contribution in [3.05, 3.63) is 28.3 Å². The first kappa shape index (κ1) is 19.6. The molecule has 0 aliphatic carbocycles. The lowest BCUT2D eigenvalue weighted by Crippen LogP contribution is -2.41. The van der Waals surface area contributed by atoms with Crippen LogP contribution in [0.4, 0.5) is 11.4 Å². The third-order valence-corrected chi connectivity index (χ3v) is 7.16. The Morgan fingerprint density at radius 2 is 1.85 bits per heavy atom. The van der Waals surface area contributed by atoms with E-state index in [4.69, 9.17) is 5.73 Å². The van der Waals surface area contributed by atoms with Crippen LogP contribution in [0.1, 0.15) is 32.1 Å². The Hall–Kier alpha value is -2.20. The zero-order valence-electron chi connectivity index (χ0n) is 15.0. The number of primary amides is 1. The average Bonchev–Trinajstić information content (AvgIpc) is 2.68. The fourth-order valence-corrected chi connectivity index (χ4v) is 5.30. The number of amides is 1. The fourth-order valence-electron chi connectivity index (χ4n) is 3.76. The summed E-state index contributed by atoms with van der Waals surface area (Å²) >= 11 is 0. The van der Waals surface area contributed by atoms with Crippen LogP contribution in [0.3, 0.4) is 0 Å². The molecule has 2 saturated heterocycles. The molecule has 3 rings (SSSR count). The first-order valence-corrected chi connectivity index (χ1v) is 10.6. The van der Waals surface area contributed by atoms with E-state index in [1.54, 1.807) is 4.90 Å². The van der Waals surface area contributed by atoms with Crippen LogP contribution in [-0.2, 0) is 14.8 Å². The van der Waals surface area contributed by atoms with E-state index >= 15 is 0 Å². The SMILES string of the molecule is NC(=O)[C@H]1CCCN(c2ccc(S(=O)(=O)N3CCCCC3)cc2[N+](=O)[O-])C1. The number of carbonyl (C=O) groups excluding carboxylic acids is 1. The van der Waals surface area contributed by atoms with Gasteiger partial charge in [-0.3, -0.25) is 14.9 Å². The number of piperidine rings is 2. The van der Waals surface area contributed by atoms with Gasteiger partial charge in [0, 0.05) is 32.2 Å². The molecule has 0 spiro atoms. The van der Waals surface area contributed by atoms with Gasteiger partial charge in [-0.15, -0.1) is 0 Å². The molecule has 2 heterocycles. The van der Waals surface area contributed by atoms with Gasteiger partial charge in [-0.1, -0.05) is 6.42 Å². The largest absolute Gasteiger partial charge is 0.369 e. The van der Waals surface area contributed by atoms with Crippen LogP contribution in [0.25, 0.3) is 0 Å². The molecule has 0 unspecified atom stereocenters. The molecule has 2 N–H and O–H groups in total. The Bertz CT molecular complexity index is 836. The highest BCUT2D eigenvalue weighted by Gasteiger charge is 2.31. The number of nitro groups is 1. The fraction of sp³-hybridized carbons (Fsp3) is 0.588. The number of rotatable bonds is 5. The molecule has 2 aliphatic rings. The zero-order valence-corrected chi connectivity index (χ0v) is 15.9. The van der Waals surface area contributed by atoms with Gasteiger partial charge in [-0.05, 0) is 37.8 Å². The summed E-state index contributed by atoms with van der Waals surface area (Å²) in [5, 5.41) is 11.6. The van der Waals surface area contributed by atoms with Crippen molar-refractivity contribution in [3.8, 4) is 0 Å². The molecule has 0 aromatic heterocycles. The Kier molecular flexibility index (Phi) is 5.66. The minimum absolute atomic E-state index is 0.0664. The van der Waals surface area contributed by atoms with Crippen LogP contribution in [0.15, 0.2) is 23.1 Å². The van der Waals surface area contributed by atoms with Crippen molar-refractivity contribution in [1.82, 2.24) is 4.31 Å². The van der Waals surface area contributed by atoms with Gasteiger partial charge in [0.05, 0.1) is 15.7 Å². The number of nitrogens with zero attached hydrogens (tertiary/aromatic N) is 3. The zero-order chi connectivity index (χ0) is 19.6. The summed E-state index contributed by atoms with van der Waals surface area (Å²) in [7, 11) is -3.75. The van der Waals surface area contributed by atoms with E-state index in [9.17, 15) is 23.3 Å². The quantitative estimate of drug-likeness (QED) is 0.593. The van der Waals surface area contributed by atoms with Gasteiger partial charge in [-0.25, -0.2) is 8.42 Å². The lowest BCUT2D eigenvalue weighted by atomic mass is 9.97. The van der Waals surface area contributed by atoms with Crippen molar-refractivity contribution in [3.63, 3.8) is 0 Å². The number of nitro benzene ring substituents is 1. The van der Waals surface area contributed by atoms with E-state index in [0.717, 1.165) is 25.3 Å². The molecule has 0 bridgehead atoms. The van der Waals surface area contributed by atoms with E-state index in [1.807, 2.05) is 0 Å². The van der Waals surface area contributed by atoms with Gasteiger partial charge >= 0.3 is 0 Å². The monoisotopic (exact) mass is 396 g/mol. The molecule has 10 heteroatoms. The third kappa shape index (κ3) is 4.06. The lowest BCUT2D eigenvalue weighted by Gasteiger charge is -2.32. The number of sulfonamides is 1. The second kappa shape index (κ2) is 7.81. The van der Waals surface area contributed by atoms with Gasteiger partial charge in [0.1, 0.15) is 5.69 Å². The Labute approximate surface area is 158 Å². The molecular weight excluding hydrogens is 372 g/mol. The summed E-state index contributed by atoms with van der Waals surface area (Å²) in [6, 6.07) is 4.02. The van der Waals surface area contributed by atoms with Crippen LogP contribution >= 0.6 is 0 Å². The molecule has 1 aromatic carbocycles. The van der Waals surface area contributed by atoms with Crippen molar-refractivity contribution in [1.29, 1.82) is 0 Å². The van der Waals surface area contributed by atoms with E-state index < -0.39 is 20.9 Å². The standard InChI is InChI=1S/C17H24N4O5S/c18-17(22)13-5-4-8-19(12-13)15-7-6-14(11-16(15)21(23)24)27(25,26)20-9-2-1-3-10-20/h6-7,11,13H,1-5,8-10,12H2,(H2,18,22)/t13-/m0/s1. The third-order valence-electron chi connectivity index (χ3n) is 5.26. The van der Waals surface area contributed by atoms with Crippen LogP contribution in [-0.4, -0.2) is 49.7 Å². The molecule has 1 amide bonds. The van der Waals surface area contributed by atoms with E-state index in [0.29, 0.717) is 44.7 Å². The number of nitrogens with two attached hydrogens (primary N) is 1. The molecule has 0 radical (unpaired) electrons. The highest BCUT2D eigenvalue weighted by Crippen LogP contribution is 2.34. The van der Waals surface area contributed by atoms with Gasteiger partial charge in [0.2, 0.25) is 15.9 Å². The minimum atomic E-state index is -3.75. The minimum Gasteiger partial charge on any atom is -0.369 e. The first-order chi connectivity index (χ1) is 12.8. The second-order valence-electron chi connectivity index (χ2n) is 7.06. The summed E-state index contributed by atoms with van der Waals surface area (Å²) in [6.45, 7) is 1.73. The molecule has 27 heavy (non-hydrogen) atoms. The maximum atomic E-state index is 12.8. The number of carbonyl (C=O) groups is 1. The number of hydrogen-bond acceptors (Lipinski definition) is 6. The van der Waals surface area contributed by atoms with Crippen molar-refractivity contribution in [2.75, 3.05) is 31.1 Å². The van der Waals surface area contributed by atoms with Gasteiger partial charge in [0.25, 0.3) is 5.69 Å². The van der Waals surface area contributed by atoms with Crippen molar-refractivity contribution in [2.24, 2.45) is 11.7 Å². The second-order valence-corrected chi connectivity index (χ2v) is 9.00.